The van der Waals surface area contributed by atoms with Gasteiger partial charge in [0.05, 0.1) is 22.8 Å². The van der Waals surface area contributed by atoms with E-state index in [1.165, 1.54) is 47.7 Å². The van der Waals surface area contributed by atoms with Gasteiger partial charge in [-0.3, -0.25) is 4.79 Å². The van der Waals surface area contributed by atoms with Crippen LogP contribution in [-0.4, -0.2) is 16.7 Å². The topological polar surface area (TPSA) is 46.6 Å². The number of nitrogens with zero attached hydrogens (tertiary/aromatic N) is 1. The predicted octanol–water partition coefficient (Wildman–Crippen LogP) is 5.79. The molecule has 1 atom stereocenters. The quantitative estimate of drug-likeness (QED) is 0.496. The van der Waals surface area contributed by atoms with Crippen molar-refractivity contribution in [1.82, 2.24) is 0 Å². The standard InChI is InChI=1S/C21H27NO3S2/c1-4-5-6-7-8-9-14-25-18-12-10-17(11-13-18)22-21(23)19-15(2)26-16(3)20(19)27(22)24/h10-13H,4-9,14H2,1-3H3. The Kier molecular flexibility index (Phi) is 6.71. The van der Waals surface area contributed by atoms with Gasteiger partial charge in [-0.15, -0.1) is 11.3 Å². The summed E-state index contributed by atoms with van der Waals surface area (Å²) in [5.41, 5.74) is 1.25. The molecule has 146 valence electrons. The lowest BCUT2D eigenvalue weighted by Crippen LogP contribution is -2.26. The third-order valence-electron chi connectivity index (χ3n) is 4.78. The lowest BCUT2D eigenvalue weighted by Gasteiger charge is -2.15. The molecule has 0 aliphatic carbocycles. The fourth-order valence-electron chi connectivity index (χ4n) is 3.35. The maximum absolute atomic E-state index is 12.8. The van der Waals surface area contributed by atoms with Crippen LogP contribution in [-0.2, 0) is 11.0 Å². The van der Waals surface area contributed by atoms with Crippen molar-refractivity contribution in [2.24, 2.45) is 0 Å². The molecule has 1 aliphatic rings. The number of carbonyl (C=O) groups is 1. The van der Waals surface area contributed by atoms with Crippen LogP contribution in [0.3, 0.4) is 0 Å². The smallest absolute Gasteiger partial charge is 0.272 e. The number of benzene rings is 1. The lowest BCUT2D eigenvalue weighted by molar-refractivity contribution is 0.101. The molecule has 1 amide bonds. The number of rotatable bonds is 9. The molecule has 4 nitrogen and oxygen atoms in total. The van der Waals surface area contributed by atoms with Crippen LogP contribution < -0.4 is 9.04 Å². The second-order valence-electron chi connectivity index (χ2n) is 6.88. The van der Waals surface area contributed by atoms with Gasteiger partial charge < -0.3 is 4.74 Å². The van der Waals surface area contributed by atoms with E-state index in [4.69, 9.17) is 4.74 Å². The monoisotopic (exact) mass is 405 g/mol. The maximum atomic E-state index is 12.8. The van der Waals surface area contributed by atoms with Gasteiger partial charge >= 0.3 is 0 Å². The second kappa shape index (κ2) is 9.02. The van der Waals surface area contributed by atoms with Gasteiger partial charge in [0.25, 0.3) is 5.91 Å². The van der Waals surface area contributed by atoms with Crippen molar-refractivity contribution in [3.63, 3.8) is 0 Å². The number of hydrogen-bond acceptors (Lipinski definition) is 4. The molecule has 6 heteroatoms. The number of hydrogen-bond donors (Lipinski definition) is 0. The highest BCUT2D eigenvalue weighted by atomic mass is 32.2. The number of carbonyl (C=O) groups excluding carboxylic acids is 1. The average Bonchev–Trinajstić information content (AvgIpc) is 3.10. The summed E-state index contributed by atoms with van der Waals surface area (Å²) in [5, 5.41) is 0. The molecule has 3 rings (SSSR count). The number of unbranched alkanes of at least 4 members (excludes halogenated alkanes) is 5. The number of aryl methyl sites for hydroxylation is 2. The zero-order chi connectivity index (χ0) is 19.4. The van der Waals surface area contributed by atoms with Gasteiger partial charge in [-0.05, 0) is 44.5 Å². The zero-order valence-corrected chi connectivity index (χ0v) is 17.9. The Labute approximate surface area is 168 Å². The first-order chi connectivity index (χ1) is 13.0. The van der Waals surface area contributed by atoms with Crippen LogP contribution >= 0.6 is 11.3 Å². The molecule has 0 fully saturated rings. The molecule has 27 heavy (non-hydrogen) atoms. The molecule has 1 aromatic heterocycles. The Morgan fingerprint density at radius 3 is 2.33 bits per heavy atom. The van der Waals surface area contributed by atoms with E-state index in [9.17, 15) is 9.00 Å². The van der Waals surface area contributed by atoms with Gasteiger partial charge in [-0.25, -0.2) is 8.51 Å². The minimum atomic E-state index is -1.47. The average molecular weight is 406 g/mol. The third kappa shape index (κ3) is 4.27. The molecule has 0 bridgehead atoms. The highest BCUT2D eigenvalue weighted by Gasteiger charge is 2.39. The lowest BCUT2D eigenvalue weighted by atomic mass is 10.1. The molecule has 2 aromatic rings. The molecule has 0 saturated heterocycles. The summed E-state index contributed by atoms with van der Waals surface area (Å²) in [4.78, 5) is 15.3. The molecule has 2 heterocycles. The van der Waals surface area contributed by atoms with E-state index in [1.807, 2.05) is 38.1 Å². The number of anilines is 1. The number of fused-ring (bicyclic) bond motifs is 1. The number of ether oxygens (including phenoxy) is 1. The van der Waals surface area contributed by atoms with Gasteiger partial charge in [0.15, 0.2) is 11.0 Å². The van der Waals surface area contributed by atoms with Gasteiger partial charge in [0.2, 0.25) is 0 Å². The van der Waals surface area contributed by atoms with Crippen LogP contribution in [0.1, 0.15) is 65.6 Å². The van der Waals surface area contributed by atoms with Gasteiger partial charge in [0.1, 0.15) is 5.75 Å². The molecular weight excluding hydrogens is 378 g/mol. The molecule has 1 unspecified atom stereocenters. The predicted molar refractivity (Wildman–Crippen MR) is 112 cm³/mol. The minimum Gasteiger partial charge on any atom is -0.494 e. The van der Waals surface area contributed by atoms with E-state index in [-0.39, 0.29) is 5.91 Å². The Morgan fingerprint density at radius 2 is 1.67 bits per heavy atom. The third-order valence-corrected chi connectivity index (χ3v) is 7.50. The van der Waals surface area contributed by atoms with Crippen LogP contribution in [0.25, 0.3) is 0 Å². The van der Waals surface area contributed by atoms with Crippen LogP contribution in [0.5, 0.6) is 5.75 Å². The van der Waals surface area contributed by atoms with Crippen molar-refractivity contribution in [3.05, 3.63) is 39.6 Å². The first-order valence-corrected chi connectivity index (χ1v) is 11.6. The maximum Gasteiger partial charge on any atom is 0.272 e. The second-order valence-corrected chi connectivity index (χ2v) is 9.58. The van der Waals surface area contributed by atoms with Crippen LogP contribution in [0.4, 0.5) is 5.69 Å². The summed E-state index contributed by atoms with van der Waals surface area (Å²) >= 11 is 1.54. The zero-order valence-electron chi connectivity index (χ0n) is 16.2. The summed E-state index contributed by atoms with van der Waals surface area (Å²) in [6.07, 6.45) is 7.39. The molecule has 0 spiro atoms. The van der Waals surface area contributed by atoms with E-state index in [1.54, 1.807) is 0 Å². The van der Waals surface area contributed by atoms with E-state index in [0.717, 1.165) is 21.9 Å². The molecule has 1 aromatic carbocycles. The fourth-order valence-corrected chi connectivity index (χ4v) is 6.10. The van der Waals surface area contributed by atoms with Crippen molar-refractivity contribution in [2.75, 3.05) is 10.9 Å². The number of amides is 1. The summed E-state index contributed by atoms with van der Waals surface area (Å²) in [5.74, 6) is 0.609. The highest BCUT2D eigenvalue weighted by molar-refractivity contribution is 7.88. The van der Waals surface area contributed by atoms with E-state index >= 15 is 0 Å². The number of thiophene rings is 1. The molecule has 0 N–H and O–H groups in total. The Balaban J connectivity index is 1.57. The van der Waals surface area contributed by atoms with Crippen LogP contribution in [0, 0.1) is 13.8 Å². The van der Waals surface area contributed by atoms with E-state index in [0.29, 0.717) is 22.8 Å². The summed E-state index contributed by atoms with van der Waals surface area (Å²) in [7, 11) is -1.47. The van der Waals surface area contributed by atoms with E-state index < -0.39 is 11.0 Å². The normalized spacial score (nSPS) is 16.0. The molecule has 1 aliphatic heterocycles. The minimum absolute atomic E-state index is 0.175. The van der Waals surface area contributed by atoms with Crippen molar-refractivity contribution >= 4 is 33.9 Å². The summed E-state index contributed by atoms with van der Waals surface area (Å²) < 4.78 is 20.0. The van der Waals surface area contributed by atoms with Gasteiger partial charge in [-0.2, -0.15) is 0 Å². The van der Waals surface area contributed by atoms with Crippen molar-refractivity contribution < 1.29 is 13.7 Å². The van der Waals surface area contributed by atoms with Crippen LogP contribution in [0.15, 0.2) is 29.2 Å². The van der Waals surface area contributed by atoms with Gasteiger partial charge in [0, 0.05) is 9.75 Å². The molecule has 0 radical (unpaired) electrons. The Bertz CT molecular complexity index is 790. The SMILES string of the molecule is CCCCCCCCOc1ccc(N2C(=O)c3c(C)sc(C)c3S2=O)cc1. The van der Waals surface area contributed by atoms with Crippen molar-refractivity contribution in [1.29, 1.82) is 0 Å². The van der Waals surface area contributed by atoms with Gasteiger partial charge in [-0.1, -0.05) is 39.0 Å². The van der Waals surface area contributed by atoms with E-state index in [2.05, 4.69) is 6.92 Å². The highest BCUT2D eigenvalue weighted by Crippen LogP contribution is 2.40. The fraction of sp³-hybridized carbons (Fsp3) is 0.476. The first kappa shape index (κ1) is 20.1. The molecule has 0 saturated carbocycles. The largest absolute Gasteiger partial charge is 0.494 e. The first-order valence-electron chi connectivity index (χ1n) is 9.63. The summed E-state index contributed by atoms with van der Waals surface area (Å²) in [6.45, 7) is 6.76. The Hall–Kier alpha value is -1.66. The van der Waals surface area contributed by atoms with Crippen LogP contribution in [0.2, 0.25) is 0 Å². The Morgan fingerprint density at radius 1 is 1.00 bits per heavy atom. The van der Waals surface area contributed by atoms with Crippen molar-refractivity contribution in [2.45, 2.75) is 64.2 Å². The van der Waals surface area contributed by atoms with Crippen molar-refractivity contribution in [3.8, 4) is 5.75 Å². The molecular formula is C21H27NO3S2. The summed E-state index contributed by atoms with van der Waals surface area (Å²) in [6, 6.07) is 7.32.